The first-order chi connectivity index (χ1) is 16.8. The zero-order chi connectivity index (χ0) is 25.3. The van der Waals surface area contributed by atoms with Gasteiger partial charge in [-0.05, 0) is 35.7 Å². The summed E-state index contributed by atoms with van der Waals surface area (Å²) >= 11 is 0. The molecule has 0 aliphatic carbocycles. The van der Waals surface area contributed by atoms with Crippen LogP contribution in [-0.2, 0) is 26.0 Å². The first kappa shape index (κ1) is 25.7. The topological polar surface area (TPSA) is 89.5 Å². The summed E-state index contributed by atoms with van der Waals surface area (Å²) in [6, 6.07) is 23.1. The van der Waals surface area contributed by atoms with E-state index in [0.29, 0.717) is 5.56 Å². The Kier molecular flexibility index (Phi) is 8.82. The Morgan fingerprint density at radius 3 is 2.14 bits per heavy atom. The number of carbonyl (C=O) groups excluding carboxylic acids is 2. The van der Waals surface area contributed by atoms with Crippen LogP contribution in [0.4, 0.5) is 0 Å². The highest BCUT2D eigenvalue weighted by Crippen LogP contribution is 2.13. The van der Waals surface area contributed by atoms with Gasteiger partial charge in [0.15, 0.2) is 9.84 Å². The number of rotatable bonds is 8. The van der Waals surface area contributed by atoms with E-state index in [4.69, 9.17) is 4.74 Å². The Hall–Kier alpha value is -3.89. The molecular weight excluding hydrogens is 462 g/mol. The second kappa shape index (κ2) is 12.0. The fourth-order valence-electron chi connectivity index (χ4n) is 3.26. The Morgan fingerprint density at radius 2 is 1.49 bits per heavy atom. The van der Waals surface area contributed by atoms with Gasteiger partial charge in [-0.1, -0.05) is 86.4 Å². The molecule has 6 nitrogen and oxygen atoms in total. The predicted molar refractivity (Wildman–Crippen MR) is 134 cm³/mol. The molecular formula is C28H27NO5S. The van der Waals surface area contributed by atoms with Crippen molar-refractivity contribution in [2.75, 3.05) is 5.75 Å². The summed E-state index contributed by atoms with van der Waals surface area (Å²) in [4.78, 5) is 25.9. The lowest BCUT2D eigenvalue weighted by atomic mass is 10.0. The van der Waals surface area contributed by atoms with Crippen molar-refractivity contribution >= 4 is 21.7 Å². The molecule has 180 valence electrons. The predicted octanol–water partition coefficient (Wildman–Crippen LogP) is 4.01. The second-order valence-electron chi connectivity index (χ2n) is 8.21. The van der Waals surface area contributed by atoms with Crippen molar-refractivity contribution in [2.24, 2.45) is 5.92 Å². The molecule has 0 aromatic heterocycles. The summed E-state index contributed by atoms with van der Waals surface area (Å²) in [7, 11) is -3.57. The van der Waals surface area contributed by atoms with Crippen molar-refractivity contribution in [2.45, 2.75) is 31.4 Å². The molecule has 0 saturated carbocycles. The summed E-state index contributed by atoms with van der Waals surface area (Å²) in [5.41, 5.74) is 1.47. The van der Waals surface area contributed by atoms with Gasteiger partial charge in [0.05, 0.1) is 10.5 Å². The van der Waals surface area contributed by atoms with Gasteiger partial charge in [0.2, 0.25) is 0 Å². The quantitative estimate of drug-likeness (QED) is 0.382. The van der Waals surface area contributed by atoms with Gasteiger partial charge in [-0.15, -0.1) is 0 Å². The van der Waals surface area contributed by atoms with Gasteiger partial charge in [0, 0.05) is 5.56 Å². The molecule has 0 unspecified atom stereocenters. The van der Waals surface area contributed by atoms with Crippen molar-refractivity contribution in [1.82, 2.24) is 5.32 Å². The third-order valence-electron chi connectivity index (χ3n) is 5.19. The van der Waals surface area contributed by atoms with E-state index in [-0.39, 0.29) is 28.7 Å². The fraction of sp³-hybridized carbons (Fsp3) is 0.214. The maximum Gasteiger partial charge on any atom is 0.329 e. The number of sulfone groups is 1. The normalized spacial score (nSPS) is 11.7. The lowest BCUT2D eigenvalue weighted by Crippen LogP contribution is -2.45. The number of ether oxygens (including phenoxy) is 1. The van der Waals surface area contributed by atoms with Crippen molar-refractivity contribution in [3.63, 3.8) is 0 Å². The Balaban J connectivity index is 1.71. The SMILES string of the molecule is CC(C)[C@H](NC(=O)c1ccccc1C#CCS(=O)(=O)c1ccccc1)C(=O)OCc1ccccc1. The molecule has 0 aliphatic heterocycles. The summed E-state index contributed by atoms with van der Waals surface area (Å²) in [6.45, 7) is 3.74. The molecule has 0 bridgehead atoms. The standard InChI is InChI=1S/C28H27NO5S/c1-21(2)26(28(31)34-20-22-12-5-3-6-13-22)29-27(30)25-18-10-9-14-23(25)15-11-19-35(32,33)24-16-7-4-8-17-24/h3-10,12-14,16-18,21,26H,19-20H2,1-2H3,(H,29,30)/t26-/m0/s1. The van der Waals surface area contributed by atoms with Crippen LogP contribution in [0.3, 0.4) is 0 Å². The second-order valence-corrected chi connectivity index (χ2v) is 10.2. The van der Waals surface area contributed by atoms with Crippen molar-refractivity contribution < 1.29 is 22.7 Å². The zero-order valence-corrected chi connectivity index (χ0v) is 20.4. The lowest BCUT2D eigenvalue weighted by Gasteiger charge is -2.21. The fourth-order valence-corrected chi connectivity index (χ4v) is 4.26. The maximum absolute atomic E-state index is 13.0. The summed E-state index contributed by atoms with van der Waals surface area (Å²) in [5, 5.41) is 2.74. The number of hydrogen-bond acceptors (Lipinski definition) is 5. The van der Waals surface area contributed by atoms with Gasteiger partial charge in [0.1, 0.15) is 18.4 Å². The van der Waals surface area contributed by atoms with Crippen LogP contribution in [0, 0.1) is 17.8 Å². The summed E-state index contributed by atoms with van der Waals surface area (Å²) in [5.74, 6) is 3.84. The van der Waals surface area contributed by atoms with E-state index in [1.165, 1.54) is 12.1 Å². The molecule has 0 spiro atoms. The van der Waals surface area contributed by atoms with Crippen molar-refractivity contribution in [3.05, 3.63) is 102 Å². The minimum Gasteiger partial charge on any atom is -0.459 e. The van der Waals surface area contributed by atoms with Crippen LogP contribution < -0.4 is 5.32 Å². The van der Waals surface area contributed by atoms with Crippen molar-refractivity contribution in [1.29, 1.82) is 0 Å². The van der Waals surface area contributed by atoms with Gasteiger partial charge in [-0.25, -0.2) is 13.2 Å². The van der Waals surface area contributed by atoms with E-state index >= 15 is 0 Å². The van der Waals surface area contributed by atoms with Crippen molar-refractivity contribution in [3.8, 4) is 11.8 Å². The van der Waals surface area contributed by atoms with Crippen LogP contribution in [0.2, 0.25) is 0 Å². The average Bonchev–Trinajstić information content (AvgIpc) is 2.87. The Labute approximate surface area is 206 Å². The minimum atomic E-state index is -3.57. The molecule has 1 atom stereocenters. The van der Waals surface area contributed by atoms with Crippen LogP contribution in [0.25, 0.3) is 0 Å². The van der Waals surface area contributed by atoms with E-state index < -0.39 is 27.8 Å². The molecule has 0 fully saturated rings. The van der Waals surface area contributed by atoms with Gasteiger partial charge >= 0.3 is 5.97 Å². The number of hydrogen-bond donors (Lipinski definition) is 1. The number of carbonyl (C=O) groups is 2. The third-order valence-corrected chi connectivity index (χ3v) is 6.71. The van der Waals surface area contributed by atoms with Crippen LogP contribution >= 0.6 is 0 Å². The Bertz CT molecular complexity index is 1320. The third kappa shape index (κ3) is 7.29. The zero-order valence-electron chi connectivity index (χ0n) is 19.6. The number of nitrogens with one attached hydrogen (secondary N) is 1. The van der Waals surface area contributed by atoms with Gasteiger partial charge in [0.25, 0.3) is 5.91 Å². The first-order valence-electron chi connectivity index (χ1n) is 11.1. The number of esters is 1. The van der Waals surface area contributed by atoms with Gasteiger partial charge in [-0.3, -0.25) is 4.79 Å². The minimum absolute atomic E-state index is 0.108. The van der Waals surface area contributed by atoms with Crippen LogP contribution in [0.15, 0.2) is 89.8 Å². The smallest absolute Gasteiger partial charge is 0.329 e. The highest BCUT2D eigenvalue weighted by molar-refractivity contribution is 7.91. The molecule has 0 radical (unpaired) electrons. The van der Waals surface area contributed by atoms with Crippen LogP contribution in [0.1, 0.15) is 35.3 Å². The van der Waals surface area contributed by atoms with E-state index in [1.54, 1.807) is 42.5 Å². The molecule has 0 aliphatic rings. The lowest BCUT2D eigenvalue weighted by molar-refractivity contribution is -0.148. The largest absolute Gasteiger partial charge is 0.459 e. The molecule has 7 heteroatoms. The monoisotopic (exact) mass is 489 g/mol. The Morgan fingerprint density at radius 1 is 0.886 bits per heavy atom. The summed E-state index contributed by atoms with van der Waals surface area (Å²) < 4.78 is 30.3. The van der Waals surface area contributed by atoms with Gasteiger partial charge in [-0.2, -0.15) is 0 Å². The highest BCUT2D eigenvalue weighted by Gasteiger charge is 2.27. The van der Waals surface area contributed by atoms with E-state index in [0.717, 1.165) is 5.56 Å². The van der Waals surface area contributed by atoms with Crippen LogP contribution in [-0.4, -0.2) is 32.1 Å². The van der Waals surface area contributed by atoms with E-state index in [1.807, 2.05) is 44.2 Å². The molecule has 0 saturated heterocycles. The molecule has 3 aromatic carbocycles. The van der Waals surface area contributed by atoms with E-state index in [2.05, 4.69) is 17.2 Å². The van der Waals surface area contributed by atoms with Gasteiger partial charge < -0.3 is 10.1 Å². The molecule has 1 amide bonds. The number of amides is 1. The van der Waals surface area contributed by atoms with Crippen LogP contribution in [0.5, 0.6) is 0 Å². The maximum atomic E-state index is 13.0. The van der Waals surface area contributed by atoms with E-state index in [9.17, 15) is 18.0 Å². The average molecular weight is 490 g/mol. The molecule has 35 heavy (non-hydrogen) atoms. The summed E-state index contributed by atoms with van der Waals surface area (Å²) in [6.07, 6.45) is 0. The molecule has 3 aromatic rings. The first-order valence-corrected chi connectivity index (χ1v) is 12.8. The molecule has 1 N–H and O–H groups in total. The highest BCUT2D eigenvalue weighted by atomic mass is 32.2. The number of benzene rings is 3. The molecule has 0 heterocycles. The molecule has 3 rings (SSSR count).